The van der Waals surface area contributed by atoms with Crippen LogP contribution < -0.4 is 10.2 Å². The maximum Gasteiger partial charge on any atom is 0.272 e. The van der Waals surface area contributed by atoms with Crippen molar-refractivity contribution in [2.75, 3.05) is 18.0 Å². The van der Waals surface area contributed by atoms with E-state index < -0.39 is 0 Å². The lowest BCUT2D eigenvalue weighted by molar-refractivity contribution is -0.385. The molecule has 0 saturated carbocycles. The molecule has 2 atom stereocenters. The number of carbonyl (C=O) groups excluding carboxylic acids is 1. The van der Waals surface area contributed by atoms with Gasteiger partial charge in [0.25, 0.3) is 5.69 Å². The highest BCUT2D eigenvalue weighted by molar-refractivity contribution is 5.80. The lowest BCUT2D eigenvalue weighted by Gasteiger charge is -2.34. The van der Waals surface area contributed by atoms with Crippen LogP contribution in [0.4, 0.5) is 11.4 Å². The number of piperidine rings is 1. The first-order valence-corrected chi connectivity index (χ1v) is 8.72. The lowest BCUT2D eigenvalue weighted by Crippen LogP contribution is -2.45. The Balaban J connectivity index is 2.04. The van der Waals surface area contributed by atoms with Crippen molar-refractivity contribution in [3.05, 3.63) is 33.9 Å². The molecule has 0 radical (unpaired) electrons. The molecule has 0 aliphatic carbocycles. The number of benzene rings is 1. The molecule has 1 aromatic rings. The van der Waals surface area contributed by atoms with Crippen LogP contribution in [-0.2, 0) is 4.79 Å². The maximum atomic E-state index is 12.4. The summed E-state index contributed by atoms with van der Waals surface area (Å²) in [6.07, 6.45) is 3.90. The van der Waals surface area contributed by atoms with Crippen LogP contribution in [0.25, 0.3) is 0 Å². The molecule has 1 aliphatic heterocycles. The molecule has 1 fully saturated rings. The Morgan fingerprint density at radius 2 is 2.25 bits per heavy atom. The Kier molecular flexibility index (Phi) is 6.17. The van der Waals surface area contributed by atoms with Crippen LogP contribution in [0.3, 0.4) is 0 Å². The number of nitrogens with one attached hydrogen (secondary N) is 1. The van der Waals surface area contributed by atoms with Crippen molar-refractivity contribution in [1.82, 2.24) is 5.32 Å². The van der Waals surface area contributed by atoms with Gasteiger partial charge in [0.15, 0.2) is 0 Å². The van der Waals surface area contributed by atoms with Gasteiger partial charge in [0.1, 0.15) is 0 Å². The summed E-state index contributed by atoms with van der Waals surface area (Å²) in [6.45, 7) is 7.46. The lowest BCUT2D eigenvalue weighted by atomic mass is 9.96. The van der Waals surface area contributed by atoms with E-state index in [1.54, 1.807) is 19.1 Å². The Labute approximate surface area is 143 Å². The molecule has 1 saturated heterocycles. The standard InChI is InChI=1S/C18H27N3O3/c1-4-6-14(3)19-18(22)15-7-5-10-20(12-15)16-8-9-17(21(23)24)13(2)11-16/h8-9,11,14-15H,4-7,10,12H2,1-3H3,(H,19,22). The molecule has 132 valence electrons. The monoisotopic (exact) mass is 333 g/mol. The molecule has 6 heteroatoms. The fourth-order valence-electron chi connectivity index (χ4n) is 3.33. The van der Waals surface area contributed by atoms with E-state index >= 15 is 0 Å². The minimum atomic E-state index is -0.360. The van der Waals surface area contributed by atoms with Gasteiger partial charge in [0, 0.05) is 36.4 Å². The third-order valence-electron chi connectivity index (χ3n) is 4.64. The Hall–Kier alpha value is -2.11. The van der Waals surface area contributed by atoms with E-state index in [0.717, 1.165) is 37.9 Å². The highest BCUT2D eigenvalue weighted by Crippen LogP contribution is 2.28. The van der Waals surface area contributed by atoms with Crippen molar-refractivity contribution in [2.24, 2.45) is 5.92 Å². The number of anilines is 1. The summed E-state index contributed by atoms with van der Waals surface area (Å²) in [5, 5.41) is 14.0. The summed E-state index contributed by atoms with van der Waals surface area (Å²) in [4.78, 5) is 25.2. The van der Waals surface area contributed by atoms with Gasteiger partial charge in [-0.15, -0.1) is 0 Å². The predicted molar refractivity (Wildman–Crippen MR) is 95.3 cm³/mol. The van der Waals surface area contributed by atoms with Crippen molar-refractivity contribution in [2.45, 2.75) is 52.5 Å². The second-order valence-corrected chi connectivity index (χ2v) is 6.71. The molecular formula is C18H27N3O3. The topological polar surface area (TPSA) is 75.5 Å². The number of carbonyl (C=O) groups is 1. The quantitative estimate of drug-likeness (QED) is 0.639. The molecular weight excluding hydrogens is 306 g/mol. The third-order valence-corrected chi connectivity index (χ3v) is 4.64. The number of rotatable bonds is 6. The van der Waals surface area contributed by atoms with Crippen LogP contribution in [0, 0.1) is 23.0 Å². The van der Waals surface area contributed by atoms with E-state index in [9.17, 15) is 14.9 Å². The second-order valence-electron chi connectivity index (χ2n) is 6.71. The SMILES string of the molecule is CCCC(C)NC(=O)C1CCCN(c2ccc([N+](=O)[O-])c(C)c2)C1. The molecule has 2 rings (SSSR count). The van der Waals surface area contributed by atoms with Crippen LogP contribution >= 0.6 is 0 Å². The Bertz CT molecular complexity index is 603. The zero-order valence-electron chi connectivity index (χ0n) is 14.7. The number of amides is 1. The minimum Gasteiger partial charge on any atom is -0.371 e. The first-order valence-electron chi connectivity index (χ1n) is 8.72. The fourth-order valence-corrected chi connectivity index (χ4v) is 3.33. The molecule has 6 nitrogen and oxygen atoms in total. The third kappa shape index (κ3) is 4.46. The van der Waals surface area contributed by atoms with E-state index in [-0.39, 0.29) is 28.5 Å². The molecule has 0 bridgehead atoms. The van der Waals surface area contributed by atoms with Crippen molar-refractivity contribution >= 4 is 17.3 Å². The fraction of sp³-hybridized carbons (Fsp3) is 0.611. The van der Waals surface area contributed by atoms with Gasteiger partial charge in [-0.3, -0.25) is 14.9 Å². The molecule has 1 amide bonds. The molecule has 1 heterocycles. The number of aryl methyl sites for hydroxylation is 1. The number of hydrogen-bond acceptors (Lipinski definition) is 4. The normalized spacial score (nSPS) is 19.0. The van der Waals surface area contributed by atoms with Gasteiger partial charge in [-0.05, 0) is 45.2 Å². The molecule has 0 spiro atoms. The van der Waals surface area contributed by atoms with Crippen LogP contribution in [0.2, 0.25) is 0 Å². The first-order chi connectivity index (χ1) is 11.4. The number of nitro groups is 1. The van der Waals surface area contributed by atoms with Crippen LogP contribution in [-0.4, -0.2) is 30.0 Å². The van der Waals surface area contributed by atoms with Crippen LogP contribution in [0.5, 0.6) is 0 Å². The predicted octanol–water partition coefficient (Wildman–Crippen LogP) is 3.42. The van der Waals surface area contributed by atoms with E-state index in [0.29, 0.717) is 12.1 Å². The molecule has 0 aromatic heterocycles. The number of hydrogen-bond donors (Lipinski definition) is 1. The average Bonchev–Trinajstić information content (AvgIpc) is 2.54. The van der Waals surface area contributed by atoms with Gasteiger partial charge < -0.3 is 10.2 Å². The smallest absolute Gasteiger partial charge is 0.272 e. The minimum absolute atomic E-state index is 0.0199. The second kappa shape index (κ2) is 8.13. The van der Waals surface area contributed by atoms with Gasteiger partial charge in [-0.1, -0.05) is 13.3 Å². The molecule has 1 aromatic carbocycles. The summed E-state index contributed by atoms with van der Waals surface area (Å²) in [7, 11) is 0. The van der Waals surface area contributed by atoms with Crippen LogP contribution in [0.1, 0.15) is 45.1 Å². The zero-order valence-corrected chi connectivity index (χ0v) is 14.7. The summed E-state index contributed by atoms with van der Waals surface area (Å²) >= 11 is 0. The molecule has 2 unspecified atom stereocenters. The van der Waals surface area contributed by atoms with Crippen molar-refractivity contribution in [3.8, 4) is 0 Å². The van der Waals surface area contributed by atoms with Gasteiger partial charge in [-0.2, -0.15) is 0 Å². The zero-order chi connectivity index (χ0) is 17.7. The van der Waals surface area contributed by atoms with Gasteiger partial charge in [-0.25, -0.2) is 0 Å². The van der Waals surface area contributed by atoms with Gasteiger partial charge in [0.05, 0.1) is 10.8 Å². The van der Waals surface area contributed by atoms with Crippen LogP contribution in [0.15, 0.2) is 18.2 Å². The maximum absolute atomic E-state index is 12.4. The average molecular weight is 333 g/mol. The highest BCUT2D eigenvalue weighted by atomic mass is 16.6. The Morgan fingerprint density at radius 1 is 1.50 bits per heavy atom. The number of nitro benzene ring substituents is 1. The van der Waals surface area contributed by atoms with Gasteiger partial charge in [0.2, 0.25) is 5.91 Å². The van der Waals surface area contributed by atoms with Crippen molar-refractivity contribution < 1.29 is 9.72 Å². The molecule has 1 N–H and O–H groups in total. The van der Waals surface area contributed by atoms with E-state index in [1.807, 2.05) is 13.0 Å². The van der Waals surface area contributed by atoms with Gasteiger partial charge >= 0.3 is 0 Å². The van der Waals surface area contributed by atoms with Crippen molar-refractivity contribution in [1.29, 1.82) is 0 Å². The summed E-state index contributed by atoms with van der Waals surface area (Å²) in [6, 6.07) is 5.39. The molecule has 24 heavy (non-hydrogen) atoms. The highest BCUT2D eigenvalue weighted by Gasteiger charge is 2.27. The number of nitrogens with zero attached hydrogens (tertiary/aromatic N) is 2. The first kappa shape index (κ1) is 18.2. The molecule has 1 aliphatic rings. The van der Waals surface area contributed by atoms with Crippen molar-refractivity contribution in [3.63, 3.8) is 0 Å². The summed E-state index contributed by atoms with van der Waals surface area (Å²) < 4.78 is 0. The Morgan fingerprint density at radius 3 is 2.88 bits per heavy atom. The largest absolute Gasteiger partial charge is 0.371 e. The van der Waals surface area contributed by atoms with E-state index in [2.05, 4.69) is 17.1 Å². The summed E-state index contributed by atoms with van der Waals surface area (Å²) in [5.41, 5.74) is 1.75. The van der Waals surface area contributed by atoms with E-state index in [4.69, 9.17) is 0 Å². The summed E-state index contributed by atoms with van der Waals surface area (Å²) in [5.74, 6) is 0.104. The van der Waals surface area contributed by atoms with E-state index in [1.165, 1.54) is 0 Å².